The standard InChI is InChI=1S/C17H19BrN2O/c1-13-4-2-3-5-14(13)10-11-19-17(21)12-20-16-8-6-15(18)7-9-16/h2-9,20H,10-12H2,1H3,(H,19,21). The maximum atomic E-state index is 11.8. The third-order valence-electron chi connectivity index (χ3n) is 3.28. The fourth-order valence-corrected chi connectivity index (χ4v) is 2.30. The molecule has 0 atom stereocenters. The van der Waals surface area contributed by atoms with Crippen molar-refractivity contribution in [3.05, 3.63) is 64.1 Å². The highest BCUT2D eigenvalue weighted by Gasteiger charge is 2.02. The van der Waals surface area contributed by atoms with Crippen LogP contribution in [0.1, 0.15) is 11.1 Å². The summed E-state index contributed by atoms with van der Waals surface area (Å²) >= 11 is 3.38. The van der Waals surface area contributed by atoms with Gasteiger partial charge in [-0.05, 0) is 48.7 Å². The zero-order chi connectivity index (χ0) is 15.1. The van der Waals surface area contributed by atoms with E-state index in [1.165, 1.54) is 11.1 Å². The quantitative estimate of drug-likeness (QED) is 0.839. The van der Waals surface area contributed by atoms with Crippen LogP contribution in [0.25, 0.3) is 0 Å². The number of nitrogens with one attached hydrogen (secondary N) is 2. The van der Waals surface area contributed by atoms with E-state index in [-0.39, 0.29) is 12.5 Å². The van der Waals surface area contributed by atoms with Gasteiger partial charge in [-0.25, -0.2) is 0 Å². The molecule has 2 aromatic carbocycles. The van der Waals surface area contributed by atoms with Gasteiger partial charge in [0.15, 0.2) is 0 Å². The first kappa shape index (κ1) is 15.6. The molecule has 0 unspecified atom stereocenters. The van der Waals surface area contributed by atoms with Crippen molar-refractivity contribution in [2.75, 3.05) is 18.4 Å². The van der Waals surface area contributed by atoms with Gasteiger partial charge in [-0.1, -0.05) is 40.2 Å². The fourth-order valence-electron chi connectivity index (χ4n) is 2.04. The van der Waals surface area contributed by atoms with Crippen LogP contribution in [0, 0.1) is 6.92 Å². The third kappa shape index (κ3) is 5.23. The Bertz CT molecular complexity index is 596. The molecule has 110 valence electrons. The van der Waals surface area contributed by atoms with Crippen molar-refractivity contribution >= 4 is 27.5 Å². The molecule has 0 spiro atoms. The van der Waals surface area contributed by atoms with Gasteiger partial charge in [-0.3, -0.25) is 4.79 Å². The Balaban J connectivity index is 1.70. The van der Waals surface area contributed by atoms with Crippen LogP contribution in [0.4, 0.5) is 5.69 Å². The Labute approximate surface area is 133 Å². The second kappa shape index (κ2) is 7.84. The van der Waals surface area contributed by atoms with Crippen molar-refractivity contribution in [3.8, 4) is 0 Å². The lowest BCUT2D eigenvalue weighted by Gasteiger charge is -2.09. The maximum absolute atomic E-state index is 11.8. The summed E-state index contributed by atoms with van der Waals surface area (Å²) in [6, 6.07) is 16.0. The van der Waals surface area contributed by atoms with E-state index in [0.717, 1.165) is 16.6 Å². The van der Waals surface area contributed by atoms with E-state index in [2.05, 4.69) is 45.6 Å². The van der Waals surface area contributed by atoms with Gasteiger partial charge in [0, 0.05) is 16.7 Å². The molecule has 0 bridgehead atoms. The first-order valence-electron chi connectivity index (χ1n) is 6.96. The van der Waals surface area contributed by atoms with Crippen LogP contribution in [0.3, 0.4) is 0 Å². The zero-order valence-corrected chi connectivity index (χ0v) is 13.6. The number of halogens is 1. The number of anilines is 1. The number of aryl methyl sites for hydroxylation is 1. The van der Waals surface area contributed by atoms with Crippen LogP contribution in [0.5, 0.6) is 0 Å². The molecule has 1 amide bonds. The molecule has 3 nitrogen and oxygen atoms in total. The highest BCUT2D eigenvalue weighted by Crippen LogP contribution is 2.13. The van der Waals surface area contributed by atoms with Crippen LogP contribution in [-0.2, 0) is 11.2 Å². The fraction of sp³-hybridized carbons (Fsp3) is 0.235. The van der Waals surface area contributed by atoms with Crippen LogP contribution in [0.2, 0.25) is 0 Å². The van der Waals surface area contributed by atoms with E-state index in [1.54, 1.807) is 0 Å². The average Bonchev–Trinajstić information content (AvgIpc) is 2.49. The number of amides is 1. The highest BCUT2D eigenvalue weighted by molar-refractivity contribution is 9.10. The van der Waals surface area contributed by atoms with Gasteiger partial charge in [-0.15, -0.1) is 0 Å². The predicted molar refractivity (Wildman–Crippen MR) is 90.5 cm³/mol. The summed E-state index contributed by atoms with van der Waals surface area (Å²) in [5.74, 6) is 0.00602. The van der Waals surface area contributed by atoms with E-state index in [4.69, 9.17) is 0 Å². The van der Waals surface area contributed by atoms with Crippen molar-refractivity contribution < 1.29 is 4.79 Å². The van der Waals surface area contributed by atoms with E-state index < -0.39 is 0 Å². The minimum Gasteiger partial charge on any atom is -0.376 e. The Kier molecular flexibility index (Phi) is 5.81. The minimum atomic E-state index is 0.00602. The molecule has 0 aliphatic rings. The van der Waals surface area contributed by atoms with E-state index in [9.17, 15) is 4.79 Å². The first-order chi connectivity index (χ1) is 10.1. The molecule has 2 aromatic rings. The van der Waals surface area contributed by atoms with Gasteiger partial charge >= 0.3 is 0 Å². The van der Waals surface area contributed by atoms with Crippen molar-refractivity contribution in [1.82, 2.24) is 5.32 Å². The smallest absolute Gasteiger partial charge is 0.239 e. The van der Waals surface area contributed by atoms with Gasteiger partial charge in [0.25, 0.3) is 0 Å². The van der Waals surface area contributed by atoms with Crippen LogP contribution in [0.15, 0.2) is 53.0 Å². The summed E-state index contributed by atoms with van der Waals surface area (Å²) in [6.45, 7) is 3.04. The summed E-state index contributed by atoms with van der Waals surface area (Å²) in [7, 11) is 0. The summed E-state index contributed by atoms with van der Waals surface area (Å²) in [4.78, 5) is 11.8. The lowest BCUT2D eigenvalue weighted by atomic mass is 10.1. The molecule has 0 saturated carbocycles. The number of benzene rings is 2. The van der Waals surface area contributed by atoms with Crippen LogP contribution in [-0.4, -0.2) is 19.0 Å². The first-order valence-corrected chi connectivity index (χ1v) is 7.75. The van der Waals surface area contributed by atoms with Gasteiger partial charge in [0.2, 0.25) is 5.91 Å². The highest BCUT2D eigenvalue weighted by atomic mass is 79.9. The molecule has 21 heavy (non-hydrogen) atoms. The molecule has 2 rings (SSSR count). The predicted octanol–water partition coefficient (Wildman–Crippen LogP) is 3.53. The molecule has 4 heteroatoms. The van der Waals surface area contributed by atoms with Crippen molar-refractivity contribution in [3.63, 3.8) is 0 Å². The topological polar surface area (TPSA) is 41.1 Å². The molecule has 0 fully saturated rings. The number of carbonyl (C=O) groups excluding carboxylic acids is 1. The molecule has 0 aliphatic carbocycles. The van der Waals surface area contributed by atoms with Gasteiger partial charge in [-0.2, -0.15) is 0 Å². The Morgan fingerprint density at radius 2 is 1.81 bits per heavy atom. The molecular weight excluding hydrogens is 328 g/mol. The van der Waals surface area contributed by atoms with Gasteiger partial charge in [0.05, 0.1) is 6.54 Å². The summed E-state index contributed by atoms with van der Waals surface area (Å²) < 4.78 is 1.02. The Morgan fingerprint density at radius 3 is 2.52 bits per heavy atom. The molecule has 0 aromatic heterocycles. The van der Waals surface area contributed by atoms with Crippen molar-refractivity contribution in [2.24, 2.45) is 0 Å². The van der Waals surface area contributed by atoms with Crippen molar-refractivity contribution in [2.45, 2.75) is 13.3 Å². The van der Waals surface area contributed by atoms with Crippen molar-refractivity contribution in [1.29, 1.82) is 0 Å². The average molecular weight is 347 g/mol. The van der Waals surface area contributed by atoms with Crippen LogP contribution < -0.4 is 10.6 Å². The number of carbonyl (C=O) groups is 1. The Hall–Kier alpha value is -1.81. The number of hydrogen-bond donors (Lipinski definition) is 2. The Morgan fingerprint density at radius 1 is 1.10 bits per heavy atom. The van der Waals surface area contributed by atoms with Gasteiger partial charge < -0.3 is 10.6 Å². The maximum Gasteiger partial charge on any atom is 0.239 e. The lowest BCUT2D eigenvalue weighted by Crippen LogP contribution is -2.31. The molecule has 0 radical (unpaired) electrons. The lowest BCUT2D eigenvalue weighted by molar-refractivity contribution is -0.119. The molecular formula is C17H19BrN2O. The van der Waals surface area contributed by atoms with E-state index in [1.807, 2.05) is 36.4 Å². The summed E-state index contributed by atoms with van der Waals surface area (Å²) in [5.41, 5.74) is 3.48. The molecule has 0 saturated heterocycles. The van der Waals surface area contributed by atoms with E-state index >= 15 is 0 Å². The summed E-state index contributed by atoms with van der Waals surface area (Å²) in [5, 5.41) is 6.03. The largest absolute Gasteiger partial charge is 0.376 e. The molecule has 2 N–H and O–H groups in total. The van der Waals surface area contributed by atoms with E-state index in [0.29, 0.717) is 6.54 Å². The SMILES string of the molecule is Cc1ccccc1CCNC(=O)CNc1ccc(Br)cc1. The van der Waals surface area contributed by atoms with Gasteiger partial charge in [0.1, 0.15) is 0 Å². The second-order valence-electron chi connectivity index (χ2n) is 4.89. The van der Waals surface area contributed by atoms with Crippen LogP contribution >= 0.6 is 15.9 Å². The number of hydrogen-bond acceptors (Lipinski definition) is 2. The second-order valence-corrected chi connectivity index (χ2v) is 5.80. The minimum absolute atomic E-state index is 0.00602. The monoisotopic (exact) mass is 346 g/mol. The normalized spacial score (nSPS) is 10.2. The molecule has 0 heterocycles. The molecule has 0 aliphatic heterocycles. The third-order valence-corrected chi connectivity index (χ3v) is 3.80. The summed E-state index contributed by atoms with van der Waals surface area (Å²) in [6.07, 6.45) is 0.858. The zero-order valence-electron chi connectivity index (χ0n) is 12.0. The number of rotatable bonds is 6.